The summed E-state index contributed by atoms with van der Waals surface area (Å²) in [6, 6.07) is 8.77. The summed E-state index contributed by atoms with van der Waals surface area (Å²) in [7, 11) is 0. The van der Waals surface area contributed by atoms with Crippen LogP contribution in [0, 0.1) is 0 Å². The molecule has 60 valence electrons. The first-order chi connectivity index (χ1) is 5.00. The average molecular weight is 320 g/mol. The van der Waals surface area contributed by atoms with Gasteiger partial charge in [0.1, 0.15) is 0 Å². The van der Waals surface area contributed by atoms with Crippen molar-refractivity contribution in [3.63, 3.8) is 0 Å². The van der Waals surface area contributed by atoms with Crippen molar-refractivity contribution in [1.29, 1.82) is 0 Å². The van der Waals surface area contributed by atoms with Crippen LogP contribution in [0.5, 0.6) is 0 Å². The fourth-order valence-electron chi connectivity index (χ4n) is 0.950. The summed E-state index contributed by atoms with van der Waals surface area (Å²) in [6.07, 6.45) is 0. The summed E-state index contributed by atoms with van der Waals surface area (Å²) >= 11 is 1.67. The van der Waals surface area contributed by atoms with E-state index in [9.17, 15) is 0 Å². The second kappa shape index (κ2) is 3.48. The molecular weight excluding hydrogens is 307 g/mol. The number of hydrogen-bond acceptors (Lipinski definition) is 0. The Kier molecular flexibility index (Phi) is 3.03. The van der Waals surface area contributed by atoms with Gasteiger partial charge in [0.25, 0.3) is 0 Å². The van der Waals surface area contributed by atoms with Crippen molar-refractivity contribution in [2.24, 2.45) is 0 Å². The van der Waals surface area contributed by atoms with Crippen LogP contribution >= 0.6 is 15.9 Å². The Morgan fingerprint density at radius 1 is 1.00 bits per heavy atom. The molecule has 0 saturated carbocycles. The topological polar surface area (TPSA) is 0 Å². The SMILES string of the molecule is [CH3][Sn]([CH3])([CH3])[c]1ccc(Br)cc1. The monoisotopic (exact) mass is 320 g/mol. The van der Waals surface area contributed by atoms with Gasteiger partial charge in [0.15, 0.2) is 0 Å². The van der Waals surface area contributed by atoms with Gasteiger partial charge >= 0.3 is 81.4 Å². The molecule has 1 aromatic rings. The van der Waals surface area contributed by atoms with Crippen molar-refractivity contribution in [2.45, 2.75) is 14.8 Å². The summed E-state index contributed by atoms with van der Waals surface area (Å²) < 4.78 is 2.76. The van der Waals surface area contributed by atoms with E-state index in [1.807, 2.05) is 0 Å². The molecule has 0 radical (unpaired) electrons. The van der Waals surface area contributed by atoms with Gasteiger partial charge in [-0.1, -0.05) is 0 Å². The molecule has 11 heavy (non-hydrogen) atoms. The van der Waals surface area contributed by atoms with Gasteiger partial charge < -0.3 is 0 Å². The molecule has 0 aliphatic rings. The maximum atomic E-state index is 3.44. The van der Waals surface area contributed by atoms with Crippen LogP contribution in [0.25, 0.3) is 0 Å². The molecule has 0 heterocycles. The zero-order valence-electron chi connectivity index (χ0n) is 7.19. The number of hydrogen-bond donors (Lipinski definition) is 0. The molecule has 0 bridgehead atoms. The zero-order chi connectivity index (χ0) is 8.48. The van der Waals surface area contributed by atoms with E-state index in [4.69, 9.17) is 0 Å². The Bertz CT molecular complexity index is 233. The van der Waals surface area contributed by atoms with Gasteiger partial charge in [-0.05, 0) is 0 Å². The minimum absolute atomic E-state index is 1.18. The van der Waals surface area contributed by atoms with E-state index in [0.717, 1.165) is 0 Å². The van der Waals surface area contributed by atoms with Crippen molar-refractivity contribution in [3.8, 4) is 0 Å². The summed E-state index contributed by atoms with van der Waals surface area (Å²) in [6.45, 7) is 0. The normalized spacial score (nSPS) is 11.6. The molecule has 0 N–H and O–H groups in total. The van der Waals surface area contributed by atoms with Crippen molar-refractivity contribution in [3.05, 3.63) is 28.7 Å². The van der Waals surface area contributed by atoms with Crippen molar-refractivity contribution in [2.75, 3.05) is 0 Å². The first-order valence-corrected chi connectivity index (χ1v) is 14.5. The first-order valence-electron chi connectivity index (χ1n) is 3.76. The van der Waals surface area contributed by atoms with Crippen LogP contribution in [0.15, 0.2) is 28.7 Å². The molecule has 0 aromatic heterocycles. The standard InChI is InChI=1S/C6H4Br.3CH3.Sn/c7-6-4-2-1-3-5-6;;;;/h2-5H;3*1H3;. The van der Waals surface area contributed by atoms with E-state index in [-0.39, 0.29) is 0 Å². The predicted molar refractivity (Wildman–Crippen MR) is 57.1 cm³/mol. The molecule has 0 nitrogen and oxygen atoms in total. The second-order valence-corrected chi connectivity index (χ2v) is 19.2. The summed E-state index contributed by atoms with van der Waals surface area (Å²) in [5.41, 5.74) is 0. The minimum atomic E-state index is -1.76. The number of halogens is 1. The maximum absolute atomic E-state index is 3.44. The molecule has 0 fully saturated rings. The number of rotatable bonds is 1. The molecule has 0 spiro atoms. The Morgan fingerprint density at radius 2 is 1.45 bits per heavy atom. The van der Waals surface area contributed by atoms with E-state index in [2.05, 4.69) is 55.0 Å². The van der Waals surface area contributed by atoms with Crippen LogP contribution in [0.3, 0.4) is 0 Å². The molecule has 0 saturated heterocycles. The molecule has 0 atom stereocenters. The van der Waals surface area contributed by atoms with Crippen LogP contribution in [-0.2, 0) is 0 Å². The van der Waals surface area contributed by atoms with E-state index < -0.39 is 18.4 Å². The van der Waals surface area contributed by atoms with Gasteiger partial charge in [-0.3, -0.25) is 0 Å². The average Bonchev–Trinajstić information content (AvgIpc) is 1.86. The zero-order valence-corrected chi connectivity index (χ0v) is 11.6. The van der Waals surface area contributed by atoms with Crippen LogP contribution < -0.4 is 3.58 Å². The third-order valence-electron chi connectivity index (χ3n) is 1.71. The summed E-state index contributed by atoms with van der Waals surface area (Å²) in [5, 5.41) is 0. The van der Waals surface area contributed by atoms with E-state index in [1.54, 1.807) is 3.58 Å². The third kappa shape index (κ3) is 2.79. The predicted octanol–water partition coefficient (Wildman–Crippen LogP) is 2.99. The van der Waals surface area contributed by atoms with Crippen LogP contribution in [0.1, 0.15) is 0 Å². The van der Waals surface area contributed by atoms with Crippen molar-refractivity contribution >= 4 is 37.9 Å². The van der Waals surface area contributed by atoms with E-state index in [1.165, 1.54) is 4.47 Å². The van der Waals surface area contributed by atoms with Crippen LogP contribution in [0.2, 0.25) is 14.8 Å². The third-order valence-corrected chi connectivity index (χ3v) is 8.13. The number of benzene rings is 1. The Hall–Kier alpha value is 0.499. The fraction of sp³-hybridized carbons (Fsp3) is 0.333. The molecular formula is C9H13BrSn. The summed E-state index contributed by atoms with van der Waals surface area (Å²) in [5.74, 6) is 0. The second-order valence-electron chi connectivity index (χ2n) is 3.76. The molecule has 0 amide bonds. The Balaban J connectivity index is 2.99. The molecule has 1 rings (SSSR count). The van der Waals surface area contributed by atoms with Crippen molar-refractivity contribution < 1.29 is 0 Å². The molecule has 2 heteroatoms. The van der Waals surface area contributed by atoms with Gasteiger partial charge in [-0.25, -0.2) is 0 Å². The molecule has 0 aliphatic heterocycles. The van der Waals surface area contributed by atoms with Gasteiger partial charge in [-0.2, -0.15) is 0 Å². The van der Waals surface area contributed by atoms with E-state index in [0.29, 0.717) is 0 Å². The molecule has 1 aromatic carbocycles. The Morgan fingerprint density at radius 3 is 1.82 bits per heavy atom. The first kappa shape index (κ1) is 9.59. The van der Waals surface area contributed by atoms with Crippen LogP contribution in [0.4, 0.5) is 0 Å². The van der Waals surface area contributed by atoms with Crippen molar-refractivity contribution in [1.82, 2.24) is 0 Å². The van der Waals surface area contributed by atoms with Gasteiger partial charge in [0.05, 0.1) is 0 Å². The molecule has 0 aliphatic carbocycles. The van der Waals surface area contributed by atoms with Crippen LogP contribution in [-0.4, -0.2) is 18.4 Å². The van der Waals surface area contributed by atoms with Gasteiger partial charge in [-0.15, -0.1) is 0 Å². The molecule has 0 unspecified atom stereocenters. The van der Waals surface area contributed by atoms with Gasteiger partial charge in [0, 0.05) is 0 Å². The summed E-state index contributed by atoms with van der Waals surface area (Å²) in [4.78, 5) is 7.29. The quantitative estimate of drug-likeness (QED) is 0.698. The van der Waals surface area contributed by atoms with E-state index >= 15 is 0 Å². The Labute approximate surface area is 81.0 Å². The van der Waals surface area contributed by atoms with Gasteiger partial charge in [0.2, 0.25) is 0 Å². The fourth-order valence-corrected chi connectivity index (χ4v) is 4.54.